The molecule has 0 bridgehead atoms. The molecule has 3 N–H and O–H groups in total. The van der Waals surface area contributed by atoms with Gasteiger partial charge in [-0.15, -0.1) is 0 Å². The van der Waals surface area contributed by atoms with Crippen LogP contribution < -0.4 is 11.1 Å². The summed E-state index contributed by atoms with van der Waals surface area (Å²) in [5, 5.41) is 3.04. The Bertz CT molecular complexity index is 379. The summed E-state index contributed by atoms with van der Waals surface area (Å²) in [5.41, 5.74) is 5.12. The van der Waals surface area contributed by atoms with Crippen LogP contribution in [0.1, 0.15) is 19.8 Å². The molecule has 0 spiro atoms. The van der Waals surface area contributed by atoms with Gasteiger partial charge in [-0.05, 0) is 19.8 Å². The molecule has 0 radical (unpaired) electrons. The largest absolute Gasteiger partial charge is 0.379 e. The van der Waals surface area contributed by atoms with E-state index in [1.807, 2.05) is 6.92 Å². The first-order valence-electron chi connectivity index (χ1n) is 5.23. The smallest absolute Gasteiger partial charge is 0.222 e. The summed E-state index contributed by atoms with van der Waals surface area (Å²) in [4.78, 5) is 7.41. The Kier molecular flexibility index (Phi) is 2.91. The Balaban J connectivity index is 2.15. The average molecular weight is 226 g/mol. The van der Waals surface area contributed by atoms with Gasteiger partial charge in [0.1, 0.15) is 0 Å². The van der Waals surface area contributed by atoms with E-state index in [-0.39, 0.29) is 17.3 Å². The van der Waals surface area contributed by atoms with Crippen LogP contribution >= 0.6 is 0 Å². The standard InChI is InChI=1S/C10H15FN4O/c1-10(3-2-4-16-6-10)15-8-7(11)5-13-9(12)14-8/h5H,2-4,6H2,1H3,(H3,12,13,14,15). The van der Waals surface area contributed by atoms with Crippen LogP contribution in [0.4, 0.5) is 16.2 Å². The maximum absolute atomic E-state index is 13.4. The molecule has 88 valence electrons. The molecule has 1 aromatic rings. The minimum Gasteiger partial charge on any atom is -0.379 e. The second-order valence-electron chi connectivity index (χ2n) is 4.27. The Morgan fingerprint density at radius 2 is 2.44 bits per heavy atom. The summed E-state index contributed by atoms with van der Waals surface area (Å²) in [6, 6.07) is 0. The number of nitrogens with two attached hydrogens (primary N) is 1. The van der Waals surface area contributed by atoms with Gasteiger partial charge in [0.15, 0.2) is 11.6 Å². The number of halogens is 1. The second-order valence-corrected chi connectivity index (χ2v) is 4.27. The third kappa shape index (κ3) is 2.38. The summed E-state index contributed by atoms with van der Waals surface area (Å²) in [5.74, 6) is -0.300. The maximum Gasteiger partial charge on any atom is 0.222 e. The molecule has 0 aliphatic carbocycles. The summed E-state index contributed by atoms with van der Waals surface area (Å²) in [6.45, 7) is 3.27. The van der Waals surface area contributed by atoms with Gasteiger partial charge in [0.25, 0.3) is 0 Å². The molecule has 1 atom stereocenters. The number of rotatable bonds is 2. The lowest BCUT2D eigenvalue weighted by molar-refractivity contribution is 0.0537. The topological polar surface area (TPSA) is 73.1 Å². The van der Waals surface area contributed by atoms with Crippen molar-refractivity contribution in [2.75, 3.05) is 24.3 Å². The molecule has 6 heteroatoms. The van der Waals surface area contributed by atoms with Gasteiger partial charge in [0.05, 0.1) is 18.3 Å². The van der Waals surface area contributed by atoms with Gasteiger partial charge in [-0.1, -0.05) is 0 Å². The fourth-order valence-electron chi connectivity index (χ4n) is 1.79. The molecule has 1 aliphatic heterocycles. The third-order valence-corrected chi connectivity index (χ3v) is 2.62. The second kappa shape index (κ2) is 4.21. The fraction of sp³-hybridized carbons (Fsp3) is 0.600. The van der Waals surface area contributed by atoms with Crippen molar-refractivity contribution in [3.8, 4) is 0 Å². The zero-order valence-corrected chi connectivity index (χ0v) is 9.16. The molecule has 0 saturated carbocycles. The van der Waals surface area contributed by atoms with Crippen molar-refractivity contribution in [3.05, 3.63) is 12.0 Å². The molecule has 1 unspecified atom stereocenters. The number of nitrogens with one attached hydrogen (secondary N) is 1. The van der Waals surface area contributed by atoms with E-state index < -0.39 is 5.82 Å². The number of hydrogen-bond acceptors (Lipinski definition) is 5. The van der Waals surface area contributed by atoms with Crippen LogP contribution in [0.5, 0.6) is 0 Å². The lowest BCUT2D eigenvalue weighted by Gasteiger charge is -2.34. The molecular formula is C10H15FN4O. The van der Waals surface area contributed by atoms with Gasteiger partial charge in [-0.25, -0.2) is 9.37 Å². The zero-order valence-electron chi connectivity index (χ0n) is 9.16. The van der Waals surface area contributed by atoms with Crippen molar-refractivity contribution < 1.29 is 9.13 Å². The van der Waals surface area contributed by atoms with Crippen LogP contribution in [0, 0.1) is 5.82 Å². The lowest BCUT2D eigenvalue weighted by atomic mass is 9.95. The molecule has 2 rings (SSSR count). The van der Waals surface area contributed by atoms with Crippen LogP contribution in [-0.4, -0.2) is 28.7 Å². The van der Waals surface area contributed by atoms with Crippen molar-refractivity contribution in [2.45, 2.75) is 25.3 Å². The van der Waals surface area contributed by atoms with Gasteiger partial charge in [-0.3, -0.25) is 0 Å². The molecule has 2 heterocycles. The molecule has 5 nitrogen and oxygen atoms in total. The normalized spacial score (nSPS) is 25.4. The number of nitrogen functional groups attached to an aromatic ring is 1. The average Bonchev–Trinajstić information content (AvgIpc) is 2.24. The predicted molar refractivity (Wildman–Crippen MR) is 58.5 cm³/mol. The van der Waals surface area contributed by atoms with E-state index in [0.29, 0.717) is 6.61 Å². The molecule has 1 saturated heterocycles. The van der Waals surface area contributed by atoms with Crippen LogP contribution in [0.25, 0.3) is 0 Å². The first-order chi connectivity index (χ1) is 7.59. The van der Waals surface area contributed by atoms with Crippen LogP contribution in [0.3, 0.4) is 0 Å². The van der Waals surface area contributed by atoms with E-state index in [0.717, 1.165) is 25.6 Å². The van der Waals surface area contributed by atoms with E-state index >= 15 is 0 Å². The first kappa shape index (κ1) is 11.1. The maximum atomic E-state index is 13.4. The zero-order chi connectivity index (χ0) is 11.6. The highest BCUT2D eigenvalue weighted by Gasteiger charge is 2.28. The number of nitrogens with zero attached hydrogens (tertiary/aromatic N) is 2. The molecule has 16 heavy (non-hydrogen) atoms. The number of aromatic nitrogens is 2. The van der Waals surface area contributed by atoms with Crippen molar-refractivity contribution in [3.63, 3.8) is 0 Å². The predicted octanol–water partition coefficient (Wildman–Crippen LogP) is 1.18. The van der Waals surface area contributed by atoms with Crippen molar-refractivity contribution in [1.82, 2.24) is 9.97 Å². The molecule has 0 amide bonds. The summed E-state index contributed by atoms with van der Waals surface area (Å²) >= 11 is 0. The molecule has 1 aromatic heterocycles. The summed E-state index contributed by atoms with van der Waals surface area (Å²) in [7, 11) is 0. The first-order valence-corrected chi connectivity index (χ1v) is 5.23. The Morgan fingerprint density at radius 1 is 1.62 bits per heavy atom. The van der Waals surface area contributed by atoms with E-state index in [9.17, 15) is 4.39 Å². The SMILES string of the molecule is CC1(Nc2nc(N)ncc2F)CCCOC1. The van der Waals surface area contributed by atoms with E-state index in [2.05, 4.69) is 15.3 Å². The molecule has 1 aliphatic rings. The van der Waals surface area contributed by atoms with E-state index in [1.54, 1.807) is 0 Å². The highest BCUT2D eigenvalue weighted by molar-refractivity contribution is 5.41. The van der Waals surface area contributed by atoms with Gasteiger partial charge in [0.2, 0.25) is 5.95 Å². The molecule has 1 fully saturated rings. The van der Waals surface area contributed by atoms with Crippen LogP contribution in [0.15, 0.2) is 6.20 Å². The number of ether oxygens (including phenoxy) is 1. The van der Waals surface area contributed by atoms with Gasteiger partial charge in [-0.2, -0.15) is 4.98 Å². The van der Waals surface area contributed by atoms with Gasteiger partial charge < -0.3 is 15.8 Å². The van der Waals surface area contributed by atoms with Gasteiger partial charge in [0, 0.05) is 6.61 Å². The highest BCUT2D eigenvalue weighted by Crippen LogP contribution is 2.24. The number of hydrogen-bond donors (Lipinski definition) is 2. The monoisotopic (exact) mass is 226 g/mol. The Morgan fingerprint density at radius 3 is 3.12 bits per heavy atom. The third-order valence-electron chi connectivity index (χ3n) is 2.62. The van der Waals surface area contributed by atoms with Crippen molar-refractivity contribution >= 4 is 11.8 Å². The lowest BCUT2D eigenvalue weighted by Crippen LogP contribution is -2.43. The number of anilines is 2. The summed E-state index contributed by atoms with van der Waals surface area (Å²) < 4.78 is 18.8. The van der Waals surface area contributed by atoms with E-state index in [4.69, 9.17) is 10.5 Å². The quantitative estimate of drug-likeness (QED) is 0.792. The Labute approximate surface area is 93.2 Å². The minimum absolute atomic E-state index is 0.0595. The minimum atomic E-state index is -0.499. The van der Waals surface area contributed by atoms with Crippen molar-refractivity contribution in [2.24, 2.45) is 0 Å². The molecular weight excluding hydrogens is 211 g/mol. The van der Waals surface area contributed by atoms with Crippen molar-refractivity contribution in [1.29, 1.82) is 0 Å². The van der Waals surface area contributed by atoms with E-state index in [1.165, 1.54) is 0 Å². The van der Waals surface area contributed by atoms with Crippen LogP contribution in [-0.2, 0) is 4.74 Å². The van der Waals surface area contributed by atoms with Gasteiger partial charge >= 0.3 is 0 Å². The fourth-order valence-corrected chi connectivity index (χ4v) is 1.79. The highest BCUT2D eigenvalue weighted by atomic mass is 19.1. The Hall–Kier alpha value is -1.43. The summed E-state index contributed by atoms with van der Waals surface area (Å²) in [6.07, 6.45) is 2.93. The molecule has 0 aromatic carbocycles. The van der Waals surface area contributed by atoms with Crippen LogP contribution in [0.2, 0.25) is 0 Å².